The van der Waals surface area contributed by atoms with Gasteiger partial charge in [-0.2, -0.15) is 0 Å². The minimum atomic E-state index is -2.02. The zero-order valence-electron chi connectivity index (χ0n) is 50.8. The van der Waals surface area contributed by atoms with Crippen LogP contribution in [-0.4, -0.2) is 276 Å². The molecule has 6 heterocycles. The number of cyclic esters (lactones) is 1. The summed E-state index contributed by atoms with van der Waals surface area (Å²) in [5.74, 6) is -0.549. The summed E-state index contributed by atoms with van der Waals surface area (Å²) in [6.07, 6.45) is -33.3. The Hall–Kier alpha value is -2.05. The Balaban J connectivity index is 0.870. The average Bonchev–Trinajstić information content (AvgIpc) is 1.54. The molecule has 6 saturated heterocycles. The van der Waals surface area contributed by atoms with E-state index in [4.69, 9.17) is 56.8 Å². The summed E-state index contributed by atoms with van der Waals surface area (Å²) in [7, 11) is 1.19. The fraction of sp³-hybridized carbons (Fsp3) is 0.917. The van der Waals surface area contributed by atoms with Gasteiger partial charge in [-0.1, -0.05) is 44.9 Å². The second-order valence-corrected chi connectivity index (χ2v) is 27.7. The lowest BCUT2D eigenvalue weighted by atomic mass is 9.40. The van der Waals surface area contributed by atoms with Crippen LogP contribution < -0.4 is 0 Å². The SMILES string of the molecule is C=C(C)CCCC1(C)OC(=O)C23C(O)C=C4C(CCC5C4(C)CCC(OC4OCC(OC6OC(CO)C(O)C(O)C6O)C(O)C4OC4OC(C)C(OC6OC(CO)C(O)C(OC7OC(CO)C(O)C(OC)C7O)C6O)C(O)C4O)C5(C)C)C2(C)CCC13. The molecule has 9 fully saturated rings. The molecule has 0 aromatic rings. The molecular weight excluding hydrogens is 1150 g/mol. The summed E-state index contributed by atoms with van der Waals surface area (Å²) >= 11 is 0. The first kappa shape index (κ1) is 67.8. The monoisotopic (exact) mass is 1250 g/mol. The van der Waals surface area contributed by atoms with E-state index in [0.717, 1.165) is 49.7 Å². The standard InChI is InChI=1S/C60H96O27/c1-24(2)11-10-16-59(8)33-14-18-58(7)26-12-13-32-56(4,5)35(15-17-57(32,6)27(26)19-34(64)60(33,58)55(75)87-59)83-54-49(39(68)31(23-77-54)82-51-42(71)40(69)36(65)28(20-61)79-51)86-50-43(72)41(70)46(25(3)78-50)84-53-45(74)48(38(67)30(22-63)81-53)85-52-44(73)47(76-9)37(66)29(21-62)80-52/h19,25-26,28-54,61-74H,1,10-18,20-23H2,2-9H3. The van der Waals surface area contributed by atoms with Crippen molar-refractivity contribution in [2.45, 2.75) is 271 Å². The molecule has 27 heteroatoms. The smallest absolute Gasteiger partial charge is 0.316 e. The van der Waals surface area contributed by atoms with Crippen LogP contribution in [0.1, 0.15) is 106 Å². The quantitative estimate of drug-likeness (QED) is 0.0380. The molecule has 0 aromatic carbocycles. The van der Waals surface area contributed by atoms with Crippen molar-refractivity contribution in [3.8, 4) is 0 Å². The maximum Gasteiger partial charge on any atom is 0.316 e. The first-order valence-corrected chi connectivity index (χ1v) is 30.9. The van der Waals surface area contributed by atoms with Crippen LogP contribution in [-0.2, 0) is 61.6 Å². The van der Waals surface area contributed by atoms with Gasteiger partial charge in [0.2, 0.25) is 0 Å². The van der Waals surface area contributed by atoms with Crippen molar-refractivity contribution in [3.63, 3.8) is 0 Å². The molecule has 33 atom stereocenters. The van der Waals surface area contributed by atoms with Crippen LogP contribution >= 0.6 is 0 Å². The number of hydrogen-bond acceptors (Lipinski definition) is 27. The Morgan fingerprint density at radius 3 is 1.78 bits per heavy atom. The number of aliphatic hydroxyl groups excluding tert-OH is 14. The number of rotatable bonds is 18. The summed E-state index contributed by atoms with van der Waals surface area (Å²) in [5.41, 5.74) is -1.32. The highest BCUT2D eigenvalue weighted by Crippen LogP contribution is 2.76. The van der Waals surface area contributed by atoms with Crippen LogP contribution in [0.2, 0.25) is 0 Å². The van der Waals surface area contributed by atoms with Gasteiger partial charge < -0.3 is 128 Å². The van der Waals surface area contributed by atoms with Crippen LogP contribution in [0.15, 0.2) is 23.8 Å². The van der Waals surface area contributed by atoms with E-state index in [9.17, 15) is 76.3 Å². The molecule has 0 amide bonds. The van der Waals surface area contributed by atoms with E-state index < -0.39 is 213 Å². The van der Waals surface area contributed by atoms with Crippen LogP contribution in [0.4, 0.5) is 0 Å². The third-order valence-electron chi connectivity index (χ3n) is 22.3. The molecule has 10 rings (SSSR count). The fourth-order valence-corrected chi connectivity index (χ4v) is 17.6. The average molecular weight is 1250 g/mol. The predicted octanol–water partition coefficient (Wildman–Crippen LogP) is -2.59. The number of carbonyl (C=O) groups is 1. The van der Waals surface area contributed by atoms with E-state index in [0.29, 0.717) is 19.3 Å². The Bertz CT molecular complexity index is 2440. The van der Waals surface area contributed by atoms with Gasteiger partial charge in [0, 0.05) is 13.0 Å². The Morgan fingerprint density at radius 2 is 1.16 bits per heavy atom. The van der Waals surface area contributed by atoms with Gasteiger partial charge in [0.1, 0.15) is 121 Å². The first-order chi connectivity index (χ1) is 41.0. The summed E-state index contributed by atoms with van der Waals surface area (Å²) in [5, 5.41) is 155. The van der Waals surface area contributed by atoms with Crippen molar-refractivity contribution in [3.05, 3.63) is 23.8 Å². The molecule has 14 N–H and O–H groups in total. The van der Waals surface area contributed by atoms with Gasteiger partial charge in [-0.3, -0.25) is 4.79 Å². The number of ether oxygens (including phenoxy) is 12. The van der Waals surface area contributed by atoms with Gasteiger partial charge in [0.15, 0.2) is 31.5 Å². The Labute approximate surface area is 505 Å². The molecular formula is C60H96O27. The number of methoxy groups -OCH3 is 1. The van der Waals surface area contributed by atoms with E-state index in [2.05, 4.69) is 34.3 Å². The normalized spacial score (nSPS) is 53.1. The molecule has 27 nitrogen and oxygen atoms in total. The molecule has 87 heavy (non-hydrogen) atoms. The number of fused-ring (bicyclic) bond motifs is 4. The Morgan fingerprint density at radius 1 is 0.598 bits per heavy atom. The largest absolute Gasteiger partial charge is 0.459 e. The highest BCUT2D eigenvalue weighted by molar-refractivity contribution is 5.84. The topological polar surface area (TPSA) is 411 Å². The maximum atomic E-state index is 14.5. The van der Waals surface area contributed by atoms with Crippen LogP contribution in [0.25, 0.3) is 0 Å². The summed E-state index contributed by atoms with van der Waals surface area (Å²) in [6.45, 7) is 15.3. The van der Waals surface area contributed by atoms with Crippen molar-refractivity contribution >= 4 is 5.97 Å². The summed E-state index contributed by atoms with van der Waals surface area (Å²) < 4.78 is 72.4. The molecule has 1 spiro atoms. The summed E-state index contributed by atoms with van der Waals surface area (Å²) in [6, 6.07) is 0. The second kappa shape index (κ2) is 25.7. The highest BCUT2D eigenvalue weighted by atomic mass is 16.8. The molecule has 6 aliphatic heterocycles. The lowest BCUT2D eigenvalue weighted by Crippen LogP contribution is -2.67. The van der Waals surface area contributed by atoms with Crippen LogP contribution in [0.5, 0.6) is 0 Å². The van der Waals surface area contributed by atoms with Crippen molar-refractivity contribution in [2.75, 3.05) is 33.5 Å². The van der Waals surface area contributed by atoms with E-state index in [-0.39, 0.29) is 23.7 Å². The fourth-order valence-electron chi connectivity index (χ4n) is 17.6. The van der Waals surface area contributed by atoms with Gasteiger partial charge in [0.25, 0.3) is 0 Å². The molecule has 0 bridgehead atoms. The molecule has 10 aliphatic rings. The van der Waals surface area contributed by atoms with Crippen molar-refractivity contribution < 1.29 is 133 Å². The van der Waals surface area contributed by atoms with Gasteiger partial charge >= 0.3 is 5.97 Å². The van der Waals surface area contributed by atoms with E-state index in [1.54, 1.807) is 0 Å². The van der Waals surface area contributed by atoms with E-state index in [1.807, 2.05) is 19.9 Å². The summed E-state index contributed by atoms with van der Waals surface area (Å²) in [4.78, 5) is 14.5. The third kappa shape index (κ3) is 11.3. The third-order valence-corrected chi connectivity index (χ3v) is 22.3. The lowest BCUT2D eigenvalue weighted by Gasteiger charge is -2.64. The number of aliphatic hydroxyl groups is 14. The molecule has 0 aromatic heterocycles. The molecule has 33 unspecified atom stereocenters. The van der Waals surface area contributed by atoms with Crippen LogP contribution in [0.3, 0.4) is 0 Å². The zero-order chi connectivity index (χ0) is 63.4. The highest BCUT2D eigenvalue weighted by Gasteiger charge is 2.79. The molecule has 498 valence electrons. The first-order valence-electron chi connectivity index (χ1n) is 30.9. The van der Waals surface area contributed by atoms with Gasteiger partial charge in [-0.05, 0) is 107 Å². The van der Waals surface area contributed by atoms with Crippen LogP contribution in [0, 0.1) is 39.4 Å². The van der Waals surface area contributed by atoms with Gasteiger partial charge in [-0.25, -0.2) is 0 Å². The zero-order valence-corrected chi connectivity index (χ0v) is 50.8. The number of carbonyl (C=O) groups excluding carboxylic acids is 1. The molecule has 3 saturated carbocycles. The molecule has 4 aliphatic carbocycles. The second-order valence-electron chi connectivity index (χ2n) is 27.7. The van der Waals surface area contributed by atoms with Crippen molar-refractivity contribution in [2.24, 2.45) is 39.4 Å². The predicted molar refractivity (Wildman–Crippen MR) is 294 cm³/mol. The number of hydrogen-bond donors (Lipinski definition) is 14. The van der Waals surface area contributed by atoms with E-state index >= 15 is 0 Å². The molecule has 0 radical (unpaired) electrons. The van der Waals surface area contributed by atoms with Gasteiger partial charge in [-0.15, -0.1) is 6.58 Å². The van der Waals surface area contributed by atoms with Crippen molar-refractivity contribution in [1.29, 1.82) is 0 Å². The van der Waals surface area contributed by atoms with Crippen molar-refractivity contribution in [1.82, 2.24) is 0 Å². The number of allylic oxidation sites excluding steroid dienone is 2. The number of esters is 1. The maximum absolute atomic E-state index is 14.5. The Kier molecular flexibility index (Phi) is 20.0. The lowest BCUT2D eigenvalue weighted by molar-refractivity contribution is -0.394. The van der Waals surface area contributed by atoms with E-state index in [1.165, 1.54) is 14.0 Å². The minimum absolute atomic E-state index is 0.0129. The van der Waals surface area contributed by atoms with Gasteiger partial charge in [0.05, 0.1) is 44.7 Å². The minimum Gasteiger partial charge on any atom is -0.459 e.